The number of aryl methyl sites for hydroxylation is 1. The Bertz CT molecular complexity index is 564. The average Bonchev–Trinajstić information content (AvgIpc) is 2.59. The predicted molar refractivity (Wildman–Crippen MR) is 92.2 cm³/mol. The highest BCUT2D eigenvalue weighted by atomic mass is 32.2. The van der Waals surface area contributed by atoms with Gasteiger partial charge in [0.05, 0.1) is 25.2 Å². The zero-order chi connectivity index (χ0) is 18.5. The molecule has 0 bridgehead atoms. The van der Waals surface area contributed by atoms with Gasteiger partial charge in [-0.3, -0.25) is 10.0 Å². The molecule has 1 aromatic rings. The van der Waals surface area contributed by atoms with Crippen molar-refractivity contribution >= 4 is 10.0 Å². The number of nitrogens with one attached hydrogen (secondary N) is 1. The van der Waals surface area contributed by atoms with E-state index in [1.807, 2.05) is 6.92 Å². The summed E-state index contributed by atoms with van der Waals surface area (Å²) in [5, 5.41) is 8.48. The van der Waals surface area contributed by atoms with Gasteiger partial charge in [0, 0.05) is 13.1 Å². The van der Waals surface area contributed by atoms with E-state index in [0.29, 0.717) is 13.2 Å². The zero-order valence-electron chi connectivity index (χ0n) is 14.8. The summed E-state index contributed by atoms with van der Waals surface area (Å²) in [6.07, 6.45) is 3.39. The Balaban J connectivity index is 2.60. The van der Waals surface area contributed by atoms with Crippen LogP contribution in [0, 0.1) is 6.92 Å². The Morgan fingerprint density at radius 1 is 1.04 bits per heavy atom. The first-order valence-electron chi connectivity index (χ1n) is 8.25. The molecule has 0 aliphatic carbocycles. The van der Waals surface area contributed by atoms with Crippen LogP contribution in [0.2, 0.25) is 0 Å². The van der Waals surface area contributed by atoms with Crippen LogP contribution >= 0.6 is 0 Å². The van der Waals surface area contributed by atoms with E-state index in [4.69, 9.17) is 10.1 Å². The lowest BCUT2D eigenvalue weighted by Gasteiger charge is -2.22. The average molecular weight is 376 g/mol. The van der Waals surface area contributed by atoms with Crippen molar-refractivity contribution in [3.05, 3.63) is 29.8 Å². The van der Waals surface area contributed by atoms with E-state index < -0.39 is 10.0 Å². The highest BCUT2D eigenvalue weighted by molar-refractivity contribution is 7.89. The van der Waals surface area contributed by atoms with E-state index in [1.165, 1.54) is 11.4 Å². The Labute approximate surface area is 149 Å². The molecule has 0 unspecified atom stereocenters. The van der Waals surface area contributed by atoms with Gasteiger partial charge in [-0.25, -0.2) is 18.2 Å². The van der Waals surface area contributed by atoms with Gasteiger partial charge in [-0.2, -0.15) is 4.31 Å². The molecule has 0 aliphatic heterocycles. The molecule has 0 amide bonds. The fraction of sp³-hybridized carbons (Fsp3) is 0.625. The van der Waals surface area contributed by atoms with Gasteiger partial charge in [-0.05, 0) is 31.9 Å². The van der Waals surface area contributed by atoms with Crippen molar-refractivity contribution in [3.8, 4) is 0 Å². The number of nitrogens with zero attached hydrogens (tertiary/aromatic N) is 1. The van der Waals surface area contributed by atoms with Gasteiger partial charge in [-0.15, -0.1) is 0 Å². The summed E-state index contributed by atoms with van der Waals surface area (Å²) in [4.78, 5) is 14.2. The summed E-state index contributed by atoms with van der Waals surface area (Å²) < 4.78 is 27.0. The molecule has 25 heavy (non-hydrogen) atoms. The number of benzene rings is 1. The second-order valence-electron chi connectivity index (χ2n) is 5.56. The second-order valence-corrected chi connectivity index (χ2v) is 7.50. The Kier molecular flexibility index (Phi) is 10.8. The molecule has 0 aliphatic rings. The molecular formula is C16H28N2O6S. The topological polar surface area (TPSA) is 97.3 Å². The van der Waals surface area contributed by atoms with Crippen molar-refractivity contribution in [2.24, 2.45) is 0 Å². The summed E-state index contributed by atoms with van der Waals surface area (Å²) in [7, 11) is -2.13. The SMILES string of the molecule is COOCCCCCCN(CCONO)S(=O)(=O)c1ccc(C)cc1. The maximum Gasteiger partial charge on any atom is 0.243 e. The molecule has 0 heterocycles. The van der Waals surface area contributed by atoms with Gasteiger partial charge < -0.3 is 0 Å². The summed E-state index contributed by atoms with van der Waals surface area (Å²) in [5.74, 6) is 0. The van der Waals surface area contributed by atoms with Crippen LogP contribution < -0.4 is 5.64 Å². The lowest BCUT2D eigenvalue weighted by Crippen LogP contribution is -2.35. The normalized spacial score (nSPS) is 12.0. The first-order chi connectivity index (χ1) is 12.0. The van der Waals surface area contributed by atoms with Crippen molar-refractivity contribution < 1.29 is 28.2 Å². The molecule has 0 aromatic heterocycles. The molecular weight excluding hydrogens is 348 g/mol. The molecule has 2 N–H and O–H groups in total. The molecule has 144 valence electrons. The van der Waals surface area contributed by atoms with E-state index >= 15 is 0 Å². The Morgan fingerprint density at radius 3 is 2.36 bits per heavy atom. The number of sulfonamides is 1. The van der Waals surface area contributed by atoms with E-state index in [-0.39, 0.29) is 18.0 Å². The minimum Gasteiger partial charge on any atom is -0.292 e. The molecule has 1 aromatic carbocycles. The number of unbranched alkanes of at least 4 members (excludes halogenated alkanes) is 3. The van der Waals surface area contributed by atoms with Crippen molar-refractivity contribution in [2.75, 3.05) is 33.4 Å². The van der Waals surface area contributed by atoms with Crippen molar-refractivity contribution in [3.63, 3.8) is 0 Å². The van der Waals surface area contributed by atoms with Gasteiger partial charge >= 0.3 is 0 Å². The number of rotatable bonds is 14. The fourth-order valence-corrected chi connectivity index (χ4v) is 3.75. The lowest BCUT2D eigenvalue weighted by atomic mass is 10.2. The zero-order valence-corrected chi connectivity index (χ0v) is 15.6. The molecule has 9 heteroatoms. The maximum absolute atomic E-state index is 12.8. The lowest BCUT2D eigenvalue weighted by molar-refractivity contribution is -0.272. The summed E-state index contributed by atoms with van der Waals surface area (Å²) >= 11 is 0. The third-order valence-electron chi connectivity index (χ3n) is 3.67. The Hall–Kier alpha value is -1.07. The molecule has 8 nitrogen and oxygen atoms in total. The first kappa shape index (κ1) is 22.0. The molecule has 1 rings (SSSR count). The largest absolute Gasteiger partial charge is 0.292 e. The van der Waals surface area contributed by atoms with Crippen molar-refractivity contribution in [1.29, 1.82) is 0 Å². The predicted octanol–water partition coefficient (Wildman–Crippen LogP) is 2.03. The van der Waals surface area contributed by atoms with Gasteiger partial charge in [0.1, 0.15) is 0 Å². The summed E-state index contributed by atoms with van der Waals surface area (Å²) in [5.41, 5.74) is 2.57. The van der Waals surface area contributed by atoms with Crippen LogP contribution in [-0.2, 0) is 24.6 Å². The van der Waals surface area contributed by atoms with E-state index in [9.17, 15) is 8.42 Å². The van der Waals surface area contributed by atoms with Crippen LogP contribution in [0.5, 0.6) is 0 Å². The maximum atomic E-state index is 12.8. The third-order valence-corrected chi connectivity index (χ3v) is 5.58. The molecule has 0 spiro atoms. The minimum atomic E-state index is -3.60. The summed E-state index contributed by atoms with van der Waals surface area (Å²) in [6.45, 7) is 3.01. The van der Waals surface area contributed by atoms with E-state index in [1.54, 1.807) is 29.9 Å². The highest BCUT2D eigenvalue weighted by Crippen LogP contribution is 2.17. The van der Waals surface area contributed by atoms with Crippen LogP contribution in [0.3, 0.4) is 0 Å². The molecule has 0 saturated heterocycles. The van der Waals surface area contributed by atoms with Crippen LogP contribution in [0.15, 0.2) is 29.2 Å². The number of hydrogen-bond donors (Lipinski definition) is 2. The second kappa shape index (κ2) is 12.3. The monoisotopic (exact) mass is 376 g/mol. The number of hydrogen-bond acceptors (Lipinski definition) is 7. The van der Waals surface area contributed by atoms with E-state index in [2.05, 4.69) is 9.73 Å². The van der Waals surface area contributed by atoms with Gasteiger partial charge in [0.25, 0.3) is 0 Å². The molecule has 0 radical (unpaired) electrons. The van der Waals surface area contributed by atoms with Crippen LogP contribution in [0.1, 0.15) is 31.2 Å². The van der Waals surface area contributed by atoms with Gasteiger partial charge in [0.15, 0.2) is 0 Å². The summed E-state index contributed by atoms with van der Waals surface area (Å²) in [6, 6.07) is 6.75. The highest BCUT2D eigenvalue weighted by Gasteiger charge is 2.23. The van der Waals surface area contributed by atoms with Crippen molar-refractivity contribution in [2.45, 2.75) is 37.5 Å². The van der Waals surface area contributed by atoms with Crippen LogP contribution in [0.4, 0.5) is 0 Å². The van der Waals surface area contributed by atoms with E-state index in [0.717, 1.165) is 31.2 Å². The molecule has 0 fully saturated rings. The van der Waals surface area contributed by atoms with Crippen LogP contribution in [0.25, 0.3) is 0 Å². The quantitative estimate of drug-likeness (QED) is 0.291. The fourth-order valence-electron chi connectivity index (χ4n) is 2.29. The molecule has 0 atom stereocenters. The standard InChI is InChI=1S/C16H28N2O6S/c1-15-7-9-16(10-8-15)25(20,21)18(12-14-23-17-19)11-5-3-4-6-13-24-22-2/h7-10,17,19H,3-6,11-14H2,1-2H3. The Morgan fingerprint density at radius 2 is 1.72 bits per heavy atom. The smallest absolute Gasteiger partial charge is 0.243 e. The minimum absolute atomic E-state index is 0.0449. The first-order valence-corrected chi connectivity index (χ1v) is 9.69. The van der Waals surface area contributed by atoms with Gasteiger partial charge in [0.2, 0.25) is 10.0 Å². The third kappa shape index (κ3) is 8.23. The van der Waals surface area contributed by atoms with Gasteiger partial charge in [-0.1, -0.05) is 36.2 Å². The van der Waals surface area contributed by atoms with Crippen molar-refractivity contribution in [1.82, 2.24) is 9.95 Å². The van der Waals surface area contributed by atoms with Crippen LogP contribution in [-0.4, -0.2) is 51.3 Å². The molecule has 0 saturated carbocycles.